The third-order valence-electron chi connectivity index (χ3n) is 3.40. The molecule has 0 radical (unpaired) electrons. The van der Waals surface area contributed by atoms with Gasteiger partial charge in [0.15, 0.2) is 0 Å². The van der Waals surface area contributed by atoms with Crippen LogP contribution in [0.25, 0.3) is 10.2 Å². The van der Waals surface area contributed by atoms with Gasteiger partial charge >= 0.3 is 0 Å². The van der Waals surface area contributed by atoms with Crippen LogP contribution < -0.4 is 5.32 Å². The van der Waals surface area contributed by atoms with Crippen LogP contribution in [0.5, 0.6) is 0 Å². The third-order valence-corrected chi connectivity index (χ3v) is 5.71. The molecule has 110 valence electrons. The van der Waals surface area contributed by atoms with E-state index in [1.54, 1.807) is 22.7 Å². The molecule has 3 aromatic rings. The molecule has 0 aromatic carbocycles. The minimum Gasteiger partial charge on any atom is -0.364 e. The summed E-state index contributed by atoms with van der Waals surface area (Å²) in [4.78, 5) is 12.3. The first-order chi connectivity index (χ1) is 10.2. The van der Waals surface area contributed by atoms with Crippen LogP contribution in [0.2, 0.25) is 5.28 Å². The van der Waals surface area contributed by atoms with E-state index in [2.05, 4.69) is 46.6 Å². The Morgan fingerprint density at radius 2 is 2.10 bits per heavy atom. The summed E-state index contributed by atoms with van der Waals surface area (Å²) in [6, 6.07) is 4.35. The number of nitrogens with one attached hydrogen (secondary N) is 1. The minimum absolute atomic E-state index is 0.302. The van der Waals surface area contributed by atoms with E-state index in [4.69, 9.17) is 11.6 Å². The highest BCUT2D eigenvalue weighted by molar-refractivity contribution is 7.18. The number of hydrogen-bond acceptors (Lipinski definition) is 5. The molecule has 0 aliphatic carbocycles. The average molecular weight is 338 g/mol. The molecule has 0 saturated carbocycles. The molecule has 0 aliphatic rings. The number of rotatable bonds is 5. The molecule has 0 aliphatic heterocycles. The Balaban J connectivity index is 1.91. The largest absolute Gasteiger partial charge is 0.364 e. The molecule has 1 N–H and O–H groups in total. The Morgan fingerprint density at radius 1 is 1.24 bits per heavy atom. The Labute approximate surface area is 137 Å². The van der Waals surface area contributed by atoms with Crippen molar-refractivity contribution in [3.63, 3.8) is 0 Å². The summed E-state index contributed by atoms with van der Waals surface area (Å²) in [5, 5.41) is 6.93. The van der Waals surface area contributed by atoms with Gasteiger partial charge in [0.05, 0.1) is 11.9 Å². The lowest BCUT2D eigenvalue weighted by atomic mass is 10.2. The summed E-state index contributed by atoms with van der Waals surface area (Å²) >= 11 is 9.50. The van der Waals surface area contributed by atoms with Gasteiger partial charge in [-0.05, 0) is 47.5 Å². The van der Waals surface area contributed by atoms with Crippen molar-refractivity contribution in [2.24, 2.45) is 0 Å². The molecule has 0 amide bonds. The first-order valence-electron chi connectivity index (χ1n) is 6.96. The second-order valence-electron chi connectivity index (χ2n) is 4.70. The van der Waals surface area contributed by atoms with E-state index in [0.717, 1.165) is 35.4 Å². The van der Waals surface area contributed by atoms with Crippen LogP contribution >= 0.6 is 34.3 Å². The van der Waals surface area contributed by atoms with Crippen LogP contribution in [0.1, 0.15) is 29.2 Å². The summed E-state index contributed by atoms with van der Waals surface area (Å²) in [6.45, 7) is 5.10. The standard InChI is InChI=1S/C15H16ClN3S2/c1-3-9-5-6-20-12(9)8-17-13-11-7-10(4-2)21-14(11)19-15(16)18-13/h5-7H,3-4,8H2,1-2H3,(H,17,18,19). The molecule has 6 heteroatoms. The highest BCUT2D eigenvalue weighted by Crippen LogP contribution is 2.31. The van der Waals surface area contributed by atoms with Crippen molar-refractivity contribution in [3.8, 4) is 0 Å². The Kier molecular flexibility index (Phi) is 4.42. The van der Waals surface area contributed by atoms with Gasteiger partial charge in [0, 0.05) is 9.75 Å². The van der Waals surface area contributed by atoms with E-state index in [1.165, 1.54) is 15.3 Å². The molecule has 21 heavy (non-hydrogen) atoms. The van der Waals surface area contributed by atoms with E-state index in [0.29, 0.717) is 5.28 Å². The molecular formula is C15H16ClN3S2. The number of aryl methyl sites for hydroxylation is 2. The second kappa shape index (κ2) is 6.30. The quantitative estimate of drug-likeness (QED) is 0.655. The molecule has 0 spiro atoms. The Morgan fingerprint density at radius 3 is 2.86 bits per heavy atom. The number of nitrogens with zero attached hydrogens (tertiary/aromatic N) is 2. The van der Waals surface area contributed by atoms with Crippen LogP contribution in [-0.2, 0) is 19.4 Å². The number of fused-ring (bicyclic) bond motifs is 1. The number of hydrogen-bond donors (Lipinski definition) is 1. The maximum Gasteiger partial charge on any atom is 0.225 e. The van der Waals surface area contributed by atoms with Gasteiger partial charge in [-0.3, -0.25) is 0 Å². The smallest absolute Gasteiger partial charge is 0.225 e. The van der Waals surface area contributed by atoms with Crippen molar-refractivity contribution in [1.82, 2.24) is 9.97 Å². The SMILES string of the molecule is CCc1cc2c(NCc3sccc3CC)nc(Cl)nc2s1. The lowest BCUT2D eigenvalue weighted by Gasteiger charge is -2.07. The van der Waals surface area contributed by atoms with Crippen molar-refractivity contribution in [3.05, 3.63) is 38.1 Å². The minimum atomic E-state index is 0.302. The first kappa shape index (κ1) is 14.8. The maximum atomic E-state index is 6.04. The van der Waals surface area contributed by atoms with Crippen LogP contribution in [-0.4, -0.2) is 9.97 Å². The summed E-state index contributed by atoms with van der Waals surface area (Å²) in [5.41, 5.74) is 1.39. The lowest BCUT2D eigenvalue weighted by molar-refractivity contribution is 1.07. The molecular weight excluding hydrogens is 322 g/mol. The van der Waals surface area contributed by atoms with Gasteiger partial charge < -0.3 is 5.32 Å². The van der Waals surface area contributed by atoms with E-state index in [1.807, 2.05) is 0 Å². The molecule has 3 rings (SSSR count). The molecule has 0 fully saturated rings. The van der Waals surface area contributed by atoms with Crippen molar-refractivity contribution >= 4 is 50.3 Å². The van der Waals surface area contributed by atoms with Gasteiger partial charge in [-0.1, -0.05) is 13.8 Å². The topological polar surface area (TPSA) is 37.8 Å². The van der Waals surface area contributed by atoms with Gasteiger partial charge in [-0.25, -0.2) is 9.97 Å². The average Bonchev–Trinajstić information content (AvgIpc) is 3.10. The Bertz CT molecular complexity index is 763. The van der Waals surface area contributed by atoms with Crippen molar-refractivity contribution in [2.45, 2.75) is 33.2 Å². The summed E-state index contributed by atoms with van der Waals surface area (Å²) in [6.07, 6.45) is 2.06. The predicted octanol–water partition coefficient (Wildman–Crippen LogP) is 5.14. The number of thiophene rings is 2. The fraction of sp³-hybridized carbons (Fsp3) is 0.333. The van der Waals surface area contributed by atoms with Crippen LogP contribution in [0.15, 0.2) is 17.5 Å². The molecule has 3 nitrogen and oxygen atoms in total. The van der Waals surface area contributed by atoms with E-state index < -0.39 is 0 Å². The van der Waals surface area contributed by atoms with Gasteiger partial charge in [0.1, 0.15) is 10.6 Å². The summed E-state index contributed by atoms with van der Waals surface area (Å²) in [7, 11) is 0. The summed E-state index contributed by atoms with van der Waals surface area (Å²) in [5.74, 6) is 0.830. The van der Waals surface area contributed by atoms with Crippen LogP contribution in [0, 0.1) is 0 Å². The lowest BCUT2D eigenvalue weighted by Crippen LogP contribution is -2.02. The molecule has 0 atom stereocenters. The highest BCUT2D eigenvalue weighted by atomic mass is 35.5. The Hall–Kier alpha value is -1.17. The number of anilines is 1. The normalized spacial score (nSPS) is 11.2. The van der Waals surface area contributed by atoms with E-state index in [9.17, 15) is 0 Å². The van der Waals surface area contributed by atoms with Gasteiger partial charge in [0.2, 0.25) is 5.28 Å². The van der Waals surface area contributed by atoms with Crippen LogP contribution in [0.4, 0.5) is 5.82 Å². The number of halogens is 1. The maximum absolute atomic E-state index is 6.04. The predicted molar refractivity (Wildman–Crippen MR) is 92.8 cm³/mol. The summed E-state index contributed by atoms with van der Waals surface area (Å²) < 4.78 is 0. The van der Waals surface area contributed by atoms with E-state index in [-0.39, 0.29) is 0 Å². The first-order valence-corrected chi connectivity index (χ1v) is 9.03. The van der Waals surface area contributed by atoms with Crippen molar-refractivity contribution < 1.29 is 0 Å². The third kappa shape index (κ3) is 3.05. The fourth-order valence-electron chi connectivity index (χ4n) is 2.26. The van der Waals surface area contributed by atoms with Crippen LogP contribution in [0.3, 0.4) is 0 Å². The van der Waals surface area contributed by atoms with Crippen molar-refractivity contribution in [1.29, 1.82) is 0 Å². The molecule has 0 saturated heterocycles. The number of aromatic nitrogens is 2. The zero-order valence-electron chi connectivity index (χ0n) is 11.9. The van der Waals surface area contributed by atoms with Crippen molar-refractivity contribution in [2.75, 3.05) is 5.32 Å². The highest BCUT2D eigenvalue weighted by Gasteiger charge is 2.11. The van der Waals surface area contributed by atoms with Gasteiger partial charge in [-0.2, -0.15) is 0 Å². The second-order valence-corrected chi connectivity index (χ2v) is 7.16. The zero-order chi connectivity index (χ0) is 14.8. The molecule has 3 aromatic heterocycles. The fourth-order valence-corrected chi connectivity index (χ4v) is 4.36. The monoisotopic (exact) mass is 337 g/mol. The van der Waals surface area contributed by atoms with E-state index >= 15 is 0 Å². The molecule has 0 bridgehead atoms. The zero-order valence-corrected chi connectivity index (χ0v) is 14.3. The van der Waals surface area contributed by atoms with Gasteiger partial charge in [-0.15, -0.1) is 22.7 Å². The molecule has 3 heterocycles. The molecule has 0 unspecified atom stereocenters. The van der Waals surface area contributed by atoms with Gasteiger partial charge in [0.25, 0.3) is 0 Å².